The Bertz CT molecular complexity index is 852. The lowest BCUT2D eigenvalue weighted by Gasteiger charge is -2.21. The molecular weight excluding hydrogens is 308 g/mol. The molecule has 0 radical (unpaired) electrons. The lowest BCUT2D eigenvalue weighted by molar-refractivity contribution is 0.415. The summed E-state index contributed by atoms with van der Waals surface area (Å²) >= 11 is 0. The number of methoxy groups -OCH3 is 1. The van der Waals surface area contributed by atoms with Gasteiger partial charge in [-0.1, -0.05) is 36.4 Å². The highest BCUT2D eigenvalue weighted by Gasteiger charge is 2.19. The molecule has 0 amide bonds. The van der Waals surface area contributed by atoms with Crippen LogP contribution in [0.15, 0.2) is 77.9 Å². The molecule has 0 spiro atoms. The van der Waals surface area contributed by atoms with Crippen LogP contribution >= 0.6 is 0 Å². The fraction of sp³-hybridized carbons (Fsp3) is 0.136. The Hall–Kier alpha value is -3.07. The van der Waals surface area contributed by atoms with Gasteiger partial charge in [0.15, 0.2) is 0 Å². The van der Waals surface area contributed by atoms with Crippen LogP contribution in [0.1, 0.15) is 16.7 Å². The van der Waals surface area contributed by atoms with Crippen molar-refractivity contribution >= 4 is 17.6 Å². The van der Waals surface area contributed by atoms with Crippen molar-refractivity contribution in [1.29, 1.82) is 0 Å². The number of hydrogen-bond acceptors (Lipinski definition) is 3. The van der Waals surface area contributed by atoms with Crippen LogP contribution in [0.3, 0.4) is 0 Å². The molecule has 124 valence electrons. The van der Waals surface area contributed by atoms with E-state index in [0.29, 0.717) is 0 Å². The van der Waals surface area contributed by atoms with Gasteiger partial charge >= 0.3 is 0 Å². The van der Waals surface area contributed by atoms with Crippen LogP contribution in [0.25, 0.3) is 0 Å². The van der Waals surface area contributed by atoms with E-state index in [2.05, 4.69) is 53.5 Å². The molecule has 4 rings (SSSR count). The second-order valence-electron chi connectivity index (χ2n) is 6.09. The molecule has 0 aliphatic carbocycles. The number of anilines is 2. The van der Waals surface area contributed by atoms with Crippen molar-refractivity contribution in [2.75, 3.05) is 12.1 Å². The zero-order valence-corrected chi connectivity index (χ0v) is 14.2. The summed E-state index contributed by atoms with van der Waals surface area (Å²) in [6, 6.07) is 24.9. The summed E-state index contributed by atoms with van der Waals surface area (Å²) in [7, 11) is 1.67. The van der Waals surface area contributed by atoms with Crippen molar-refractivity contribution < 1.29 is 4.74 Å². The summed E-state index contributed by atoms with van der Waals surface area (Å²) in [6.45, 7) is 0. The number of hydrogen-bond donors (Lipinski definition) is 0. The molecule has 1 aliphatic heterocycles. The highest BCUT2D eigenvalue weighted by atomic mass is 16.5. The largest absolute Gasteiger partial charge is 0.497 e. The zero-order valence-electron chi connectivity index (χ0n) is 14.2. The third-order valence-corrected chi connectivity index (χ3v) is 4.54. The monoisotopic (exact) mass is 328 g/mol. The second kappa shape index (κ2) is 6.81. The molecule has 25 heavy (non-hydrogen) atoms. The minimum atomic E-state index is 0.850. The molecule has 3 aromatic rings. The van der Waals surface area contributed by atoms with Crippen LogP contribution < -0.4 is 9.75 Å². The Kier molecular flexibility index (Phi) is 4.21. The normalized spacial score (nSPS) is 13.2. The number of aryl methyl sites for hydroxylation is 2. The zero-order chi connectivity index (χ0) is 17.1. The predicted molar refractivity (Wildman–Crippen MR) is 103 cm³/mol. The standard InChI is InChI=1S/C22H20N2O/c1-25-20-14-10-17(11-15-20)16-23-24-21-8-4-2-6-18(21)12-13-19-7-3-5-9-22(19)24/h2-11,14-16H,12-13H2,1H3/b23-16+. The average molecular weight is 328 g/mol. The van der Waals surface area contributed by atoms with Crippen molar-refractivity contribution in [1.82, 2.24) is 0 Å². The van der Waals surface area contributed by atoms with Gasteiger partial charge < -0.3 is 4.74 Å². The SMILES string of the molecule is COc1ccc(/C=N/N2c3ccccc3CCc3ccccc32)cc1. The Morgan fingerprint density at radius 2 is 1.36 bits per heavy atom. The molecule has 0 bridgehead atoms. The molecule has 0 saturated carbocycles. The van der Waals surface area contributed by atoms with Gasteiger partial charge in [0.2, 0.25) is 0 Å². The van der Waals surface area contributed by atoms with Crippen molar-refractivity contribution in [3.05, 3.63) is 89.5 Å². The van der Waals surface area contributed by atoms with Crippen LogP contribution in [-0.4, -0.2) is 13.3 Å². The van der Waals surface area contributed by atoms with Crippen molar-refractivity contribution in [3.63, 3.8) is 0 Å². The molecular formula is C22H20N2O. The molecule has 3 heteroatoms. The number of benzene rings is 3. The van der Waals surface area contributed by atoms with E-state index >= 15 is 0 Å². The van der Waals surface area contributed by atoms with Gasteiger partial charge in [0.25, 0.3) is 0 Å². The quantitative estimate of drug-likeness (QED) is 0.634. The lowest BCUT2D eigenvalue weighted by atomic mass is 10.0. The highest BCUT2D eigenvalue weighted by molar-refractivity contribution is 5.83. The Morgan fingerprint density at radius 1 is 0.800 bits per heavy atom. The van der Waals surface area contributed by atoms with Crippen LogP contribution in [-0.2, 0) is 12.8 Å². The van der Waals surface area contributed by atoms with E-state index in [1.165, 1.54) is 11.1 Å². The van der Waals surface area contributed by atoms with Gasteiger partial charge in [0, 0.05) is 0 Å². The summed E-state index contributed by atoms with van der Waals surface area (Å²) in [4.78, 5) is 0. The van der Waals surface area contributed by atoms with Crippen molar-refractivity contribution in [3.8, 4) is 5.75 Å². The Morgan fingerprint density at radius 3 is 1.92 bits per heavy atom. The molecule has 0 fully saturated rings. The first-order valence-corrected chi connectivity index (χ1v) is 8.49. The maximum atomic E-state index is 5.22. The summed E-state index contributed by atoms with van der Waals surface area (Å²) < 4.78 is 5.22. The lowest BCUT2D eigenvalue weighted by Crippen LogP contribution is -2.11. The van der Waals surface area contributed by atoms with Crippen LogP contribution in [0.2, 0.25) is 0 Å². The first-order valence-electron chi connectivity index (χ1n) is 8.49. The molecule has 1 aliphatic rings. The molecule has 0 N–H and O–H groups in total. The summed E-state index contributed by atoms with van der Waals surface area (Å²) in [5.74, 6) is 0.850. The first kappa shape index (κ1) is 15.5. The average Bonchev–Trinajstić information content (AvgIpc) is 2.84. The molecule has 0 atom stereocenters. The molecule has 3 aromatic carbocycles. The first-order chi connectivity index (χ1) is 12.3. The van der Waals surface area contributed by atoms with Crippen LogP contribution in [0, 0.1) is 0 Å². The van der Waals surface area contributed by atoms with E-state index in [-0.39, 0.29) is 0 Å². The summed E-state index contributed by atoms with van der Waals surface area (Å²) in [5, 5.41) is 6.88. The maximum Gasteiger partial charge on any atom is 0.118 e. The van der Waals surface area contributed by atoms with Gasteiger partial charge in [-0.15, -0.1) is 0 Å². The number of rotatable bonds is 3. The van der Waals surface area contributed by atoms with E-state index in [1.807, 2.05) is 30.5 Å². The fourth-order valence-corrected chi connectivity index (χ4v) is 3.20. The van der Waals surface area contributed by atoms with E-state index in [0.717, 1.165) is 35.5 Å². The van der Waals surface area contributed by atoms with Gasteiger partial charge in [-0.05, 0) is 65.9 Å². The van der Waals surface area contributed by atoms with Gasteiger partial charge in [-0.2, -0.15) is 5.10 Å². The number of para-hydroxylation sites is 2. The number of nitrogens with zero attached hydrogens (tertiary/aromatic N) is 2. The summed E-state index contributed by atoms with van der Waals surface area (Å²) in [6.07, 6.45) is 3.96. The van der Waals surface area contributed by atoms with Gasteiger partial charge in [-0.3, -0.25) is 0 Å². The third kappa shape index (κ3) is 3.13. The minimum absolute atomic E-state index is 0.850. The number of ether oxygens (including phenoxy) is 1. The third-order valence-electron chi connectivity index (χ3n) is 4.54. The van der Waals surface area contributed by atoms with Crippen molar-refractivity contribution in [2.45, 2.75) is 12.8 Å². The Balaban J connectivity index is 1.75. The smallest absolute Gasteiger partial charge is 0.118 e. The van der Waals surface area contributed by atoms with Gasteiger partial charge in [0.1, 0.15) is 5.75 Å². The molecule has 3 nitrogen and oxygen atoms in total. The predicted octanol–water partition coefficient (Wildman–Crippen LogP) is 4.97. The second-order valence-corrected chi connectivity index (χ2v) is 6.09. The van der Waals surface area contributed by atoms with E-state index in [1.54, 1.807) is 7.11 Å². The van der Waals surface area contributed by atoms with Crippen molar-refractivity contribution in [2.24, 2.45) is 5.10 Å². The van der Waals surface area contributed by atoms with Gasteiger partial charge in [0.05, 0.1) is 24.7 Å². The maximum absolute atomic E-state index is 5.22. The minimum Gasteiger partial charge on any atom is -0.497 e. The molecule has 1 heterocycles. The topological polar surface area (TPSA) is 24.8 Å². The highest BCUT2D eigenvalue weighted by Crippen LogP contribution is 2.36. The van der Waals surface area contributed by atoms with E-state index < -0.39 is 0 Å². The molecule has 0 unspecified atom stereocenters. The fourth-order valence-electron chi connectivity index (χ4n) is 3.20. The number of fused-ring (bicyclic) bond motifs is 2. The van der Waals surface area contributed by atoms with Gasteiger partial charge in [-0.25, -0.2) is 5.01 Å². The van der Waals surface area contributed by atoms with E-state index in [9.17, 15) is 0 Å². The van der Waals surface area contributed by atoms with Crippen LogP contribution in [0.4, 0.5) is 11.4 Å². The van der Waals surface area contributed by atoms with Crippen LogP contribution in [0.5, 0.6) is 5.75 Å². The summed E-state index contributed by atoms with van der Waals surface area (Å²) in [5.41, 5.74) is 5.99. The molecule has 0 saturated heterocycles. The Labute approximate surface area is 148 Å². The van der Waals surface area contributed by atoms with E-state index in [4.69, 9.17) is 9.84 Å². The molecule has 0 aromatic heterocycles. The number of hydrazone groups is 1.